The lowest BCUT2D eigenvalue weighted by molar-refractivity contribution is -0.127. The Labute approximate surface area is 134 Å². The number of aromatic nitrogens is 3. The highest BCUT2D eigenvalue weighted by Crippen LogP contribution is 2.11. The van der Waals surface area contributed by atoms with Gasteiger partial charge in [0.15, 0.2) is 0 Å². The van der Waals surface area contributed by atoms with Gasteiger partial charge in [0.05, 0.1) is 0 Å². The van der Waals surface area contributed by atoms with Crippen LogP contribution in [-0.4, -0.2) is 50.4 Å². The quantitative estimate of drug-likeness (QED) is 0.893. The Morgan fingerprint density at radius 2 is 2.30 bits per heavy atom. The van der Waals surface area contributed by atoms with Crippen molar-refractivity contribution in [1.29, 1.82) is 0 Å². The highest BCUT2D eigenvalue weighted by Gasteiger charge is 2.22. The van der Waals surface area contributed by atoms with Crippen molar-refractivity contribution in [2.75, 3.05) is 13.1 Å². The normalized spacial score (nSPS) is 15.7. The summed E-state index contributed by atoms with van der Waals surface area (Å²) in [6, 6.07) is 3.28. The minimum Gasteiger partial charge on any atom is -0.348 e. The fourth-order valence-electron chi connectivity index (χ4n) is 2.68. The van der Waals surface area contributed by atoms with E-state index in [-0.39, 0.29) is 17.9 Å². The van der Waals surface area contributed by atoms with Crippen LogP contribution < -0.4 is 5.32 Å². The van der Waals surface area contributed by atoms with Crippen molar-refractivity contribution in [2.24, 2.45) is 0 Å². The Balaban J connectivity index is 1.64. The molecule has 1 fully saturated rings. The van der Waals surface area contributed by atoms with Crippen LogP contribution in [0.2, 0.25) is 0 Å². The van der Waals surface area contributed by atoms with Crippen LogP contribution in [0.1, 0.15) is 30.1 Å². The van der Waals surface area contributed by atoms with Crippen LogP contribution >= 0.6 is 0 Å². The van der Waals surface area contributed by atoms with Gasteiger partial charge >= 0.3 is 0 Å². The first kappa shape index (κ1) is 15.2. The highest BCUT2D eigenvalue weighted by atomic mass is 16.2. The van der Waals surface area contributed by atoms with E-state index >= 15 is 0 Å². The van der Waals surface area contributed by atoms with Crippen LogP contribution in [0.5, 0.6) is 0 Å². The molecular weight excluding hydrogens is 294 g/mol. The number of nitrogens with one attached hydrogen (secondary N) is 1. The van der Waals surface area contributed by atoms with Crippen molar-refractivity contribution in [3.63, 3.8) is 0 Å². The molecular formula is C16H19N5O2. The van der Waals surface area contributed by atoms with Crippen LogP contribution in [0.4, 0.5) is 0 Å². The van der Waals surface area contributed by atoms with Gasteiger partial charge in [-0.25, -0.2) is 9.97 Å². The average molecular weight is 313 g/mol. The van der Waals surface area contributed by atoms with Gasteiger partial charge in [-0.15, -0.1) is 0 Å². The zero-order chi connectivity index (χ0) is 16.2. The van der Waals surface area contributed by atoms with Crippen LogP contribution in [0.15, 0.2) is 37.1 Å². The van der Waals surface area contributed by atoms with Crippen molar-refractivity contribution in [3.8, 4) is 5.82 Å². The zero-order valence-corrected chi connectivity index (χ0v) is 13.0. The van der Waals surface area contributed by atoms with E-state index in [1.165, 1.54) is 0 Å². The SMILES string of the molecule is CC(CN1CCCC1=O)NC(=O)c1ccnc(-n2ccnc2)c1. The van der Waals surface area contributed by atoms with E-state index in [1.54, 1.807) is 46.5 Å². The molecule has 2 aromatic rings. The fourth-order valence-corrected chi connectivity index (χ4v) is 2.68. The first-order valence-electron chi connectivity index (χ1n) is 7.66. The lowest BCUT2D eigenvalue weighted by atomic mass is 10.2. The van der Waals surface area contributed by atoms with E-state index < -0.39 is 0 Å². The van der Waals surface area contributed by atoms with Gasteiger partial charge in [-0.2, -0.15) is 0 Å². The minimum atomic E-state index is -0.173. The molecule has 0 saturated carbocycles. The zero-order valence-electron chi connectivity index (χ0n) is 13.0. The largest absolute Gasteiger partial charge is 0.348 e. The number of likely N-dealkylation sites (tertiary alicyclic amines) is 1. The summed E-state index contributed by atoms with van der Waals surface area (Å²) in [6.45, 7) is 3.23. The molecule has 7 heteroatoms. The number of imidazole rings is 1. The van der Waals surface area contributed by atoms with Gasteiger partial charge in [0.1, 0.15) is 12.1 Å². The number of nitrogens with zero attached hydrogens (tertiary/aromatic N) is 4. The summed E-state index contributed by atoms with van der Waals surface area (Å²) >= 11 is 0. The molecule has 23 heavy (non-hydrogen) atoms. The second kappa shape index (κ2) is 6.60. The van der Waals surface area contributed by atoms with Gasteiger partial charge in [-0.3, -0.25) is 14.2 Å². The first-order chi connectivity index (χ1) is 11.1. The van der Waals surface area contributed by atoms with Crippen molar-refractivity contribution in [3.05, 3.63) is 42.6 Å². The Morgan fingerprint density at radius 3 is 3.00 bits per heavy atom. The summed E-state index contributed by atoms with van der Waals surface area (Å²) in [4.78, 5) is 34.0. The molecule has 3 rings (SSSR count). The smallest absolute Gasteiger partial charge is 0.251 e. The fraction of sp³-hybridized carbons (Fsp3) is 0.375. The summed E-state index contributed by atoms with van der Waals surface area (Å²) < 4.78 is 1.74. The number of amides is 2. The third-order valence-corrected chi connectivity index (χ3v) is 3.82. The van der Waals surface area contributed by atoms with E-state index in [2.05, 4.69) is 15.3 Å². The molecule has 0 aliphatic carbocycles. The molecule has 0 spiro atoms. The Kier molecular flexibility index (Phi) is 4.36. The maximum absolute atomic E-state index is 12.4. The van der Waals surface area contributed by atoms with E-state index in [0.717, 1.165) is 13.0 Å². The third-order valence-electron chi connectivity index (χ3n) is 3.82. The van der Waals surface area contributed by atoms with Crippen LogP contribution in [0, 0.1) is 0 Å². The average Bonchev–Trinajstić information content (AvgIpc) is 3.20. The van der Waals surface area contributed by atoms with Crippen LogP contribution in [-0.2, 0) is 4.79 Å². The summed E-state index contributed by atoms with van der Waals surface area (Å²) in [6.07, 6.45) is 8.16. The molecule has 1 atom stereocenters. The monoisotopic (exact) mass is 313 g/mol. The standard InChI is InChI=1S/C16H19N5O2/c1-12(10-20-7-2-3-15(20)22)19-16(23)13-4-5-18-14(9-13)21-8-6-17-11-21/h4-6,8-9,11-12H,2-3,7,10H2,1H3,(H,19,23). The van der Waals surface area contributed by atoms with Gasteiger partial charge in [0.25, 0.3) is 5.91 Å². The summed E-state index contributed by atoms with van der Waals surface area (Å²) in [5.41, 5.74) is 0.531. The summed E-state index contributed by atoms with van der Waals surface area (Å²) in [5, 5.41) is 2.93. The van der Waals surface area contributed by atoms with Gasteiger partial charge in [0.2, 0.25) is 5.91 Å². The molecule has 3 heterocycles. The minimum absolute atomic E-state index is 0.102. The van der Waals surface area contributed by atoms with Gasteiger partial charge < -0.3 is 10.2 Å². The molecule has 2 amide bonds. The second-order valence-electron chi connectivity index (χ2n) is 5.69. The van der Waals surface area contributed by atoms with Gasteiger partial charge in [-0.05, 0) is 25.5 Å². The number of pyridine rings is 1. The predicted octanol–water partition coefficient (Wildman–Crippen LogP) is 1.01. The van der Waals surface area contributed by atoms with E-state index in [9.17, 15) is 9.59 Å². The molecule has 1 aliphatic heterocycles. The topological polar surface area (TPSA) is 80.1 Å². The van der Waals surface area contributed by atoms with Crippen LogP contribution in [0.3, 0.4) is 0 Å². The number of carbonyl (C=O) groups is 2. The molecule has 1 saturated heterocycles. The summed E-state index contributed by atoms with van der Waals surface area (Å²) in [7, 11) is 0. The number of hydrogen-bond acceptors (Lipinski definition) is 4. The molecule has 0 radical (unpaired) electrons. The van der Waals surface area contributed by atoms with E-state index in [0.29, 0.717) is 24.3 Å². The molecule has 2 aromatic heterocycles. The maximum atomic E-state index is 12.4. The van der Waals surface area contributed by atoms with Crippen molar-refractivity contribution in [2.45, 2.75) is 25.8 Å². The number of carbonyl (C=O) groups excluding carboxylic acids is 2. The van der Waals surface area contributed by atoms with E-state index in [1.807, 2.05) is 6.92 Å². The highest BCUT2D eigenvalue weighted by molar-refractivity contribution is 5.94. The molecule has 7 nitrogen and oxygen atoms in total. The molecule has 0 bridgehead atoms. The molecule has 1 unspecified atom stereocenters. The lowest BCUT2D eigenvalue weighted by Gasteiger charge is -2.21. The van der Waals surface area contributed by atoms with Crippen LogP contribution in [0.25, 0.3) is 5.82 Å². The Morgan fingerprint density at radius 1 is 1.43 bits per heavy atom. The molecule has 1 N–H and O–H groups in total. The molecule has 120 valence electrons. The van der Waals surface area contributed by atoms with Crippen molar-refractivity contribution < 1.29 is 9.59 Å². The predicted molar refractivity (Wildman–Crippen MR) is 84.1 cm³/mol. The number of rotatable bonds is 5. The van der Waals surface area contributed by atoms with Crippen molar-refractivity contribution in [1.82, 2.24) is 24.8 Å². The molecule has 1 aliphatic rings. The number of hydrogen-bond donors (Lipinski definition) is 1. The second-order valence-corrected chi connectivity index (χ2v) is 5.69. The first-order valence-corrected chi connectivity index (χ1v) is 7.66. The third kappa shape index (κ3) is 3.56. The van der Waals surface area contributed by atoms with Gasteiger partial charge in [-0.1, -0.05) is 0 Å². The molecule has 0 aromatic carbocycles. The lowest BCUT2D eigenvalue weighted by Crippen LogP contribution is -2.42. The Hall–Kier alpha value is -2.70. The maximum Gasteiger partial charge on any atom is 0.251 e. The van der Waals surface area contributed by atoms with Gasteiger partial charge in [0, 0.05) is 49.7 Å². The summed E-state index contributed by atoms with van der Waals surface area (Å²) in [5.74, 6) is 0.628. The Bertz CT molecular complexity index is 698. The van der Waals surface area contributed by atoms with Crippen molar-refractivity contribution >= 4 is 11.8 Å². The van der Waals surface area contributed by atoms with E-state index in [4.69, 9.17) is 0 Å².